The van der Waals surface area contributed by atoms with Gasteiger partial charge in [0.1, 0.15) is 0 Å². The third-order valence-electron chi connectivity index (χ3n) is 3.52. The molecule has 0 aliphatic carbocycles. The van der Waals surface area contributed by atoms with Crippen molar-refractivity contribution in [2.75, 3.05) is 11.5 Å². The van der Waals surface area contributed by atoms with E-state index in [1.807, 2.05) is 6.08 Å². The molecule has 0 fully saturated rings. The Kier molecular flexibility index (Phi) is 7.52. The van der Waals surface area contributed by atoms with Gasteiger partial charge < -0.3 is 9.16 Å². The van der Waals surface area contributed by atoms with Gasteiger partial charge in [0.25, 0.3) is 0 Å². The first-order valence-corrected chi connectivity index (χ1v) is 10.5. The van der Waals surface area contributed by atoms with Gasteiger partial charge in [0.2, 0.25) is 0 Å². The lowest BCUT2D eigenvalue weighted by Crippen LogP contribution is -2.47. The van der Waals surface area contributed by atoms with Gasteiger partial charge >= 0.3 is 0 Å². The second kappa shape index (κ2) is 7.26. The van der Waals surface area contributed by atoms with Crippen LogP contribution in [0.4, 0.5) is 0 Å². The van der Waals surface area contributed by atoms with Crippen LogP contribution >= 0.6 is 22.6 Å². The van der Waals surface area contributed by atoms with Gasteiger partial charge in [0.15, 0.2) is 8.32 Å². The molecule has 17 heavy (non-hydrogen) atoms. The molecule has 2 atom stereocenters. The zero-order valence-electron chi connectivity index (χ0n) is 12.0. The Hall–Kier alpha value is 0.607. The summed E-state index contributed by atoms with van der Waals surface area (Å²) < 4.78 is 12.9. The van der Waals surface area contributed by atoms with Crippen molar-refractivity contribution in [2.24, 2.45) is 0 Å². The Bertz CT molecular complexity index is 236. The molecule has 0 spiro atoms. The summed E-state index contributed by atoms with van der Waals surface area (Å²) in [7, 11) is -0.00788. The summed E-state index contributed by atoms with van der Waals surface area (Å²) in [6.45, 7) is 15.2. The van der Waals surface area contributed by atoms with Crippen LogP contribution < -0.4 is 0 Å². The van der Waals surface area contributed by atoms with E-state index < -0.39 is 8.32 Å². The molecule has 0 aromatic rings. The van der Waals surface area contributed by atoms with E-state index in [0.29, 0.717) is 0 Å². The van der Waals surface area contributed by atoms with Crippen LogP contribution in [0.25, 0.3) is 0 Å². The van der Waals surface area contributed by atoms with E-state index in [1.165, 1.54) is 0 Å². The highest BCUT2D eigenvalue weighted by Gasteiger charge is 2.40. The predicted octanol–water partition coefficient (Wildman–Crippen LogP) is 4.40. The fourth-order valence-electron chi connectivity index (χ4n) is 1.35. The molecule has 0 bridgehead atoms. The second-order valence-corrected chi connectivity index (χ2v) is 11.7. The fraction of sp³-hybridized carbons (Fsp3) is 0.846. The average molecular weight is 370 g/mol. The highest BCUT2D eigenvalue weighted by molar-refractivity contribution is 14.1. The maximum Gasteiger partial charge on any atom is 0.192 e. The smallest absolute Gasteiger partial charge is 0.192 e. The lowest BCUT2D eigenvalue weighted by molar-refractivity contribution is 0.0235. The minimum atomic E-state index is -1.73. The lowest BCUT2D eigenvalue weighted by atomic mass is 10.1. The van der Waals surface area contributed by atoms with E-state index in [1.54, 1.807) is 7.11 Å². The van der Waals surface area contributed by atoms with Gasteiger partial charge in [-0.2, -0.15) is 0 Å². The first-order valence-electron chi connectivity index (χ1n) is 6.08. The summed E-state index contributed by atoms with van der Waals surface area (Å²) >= 11 is 2.39. The van der Waals surface area contributed by atoms with Crippen LogP contribution in [0.1, 0.15) is 27.2 Å². The molecule has 0 aromatic carbocycles. The summed E-state index contributed by atoms with van der Waals surface area (Å²) in [5.41, 5.74) is 0. The molecule has 0 rings (SSSR count). The van der Waals surface area contributed by atoms with E-state index in [-0.39, 0.29) is 17.2 Å². The molecule has 0 N–H and O–H groups in total. The van der Waals surface area contributed by atoms with Crippen LogP contribution in [0, 0.1) is 0 Å². The van der Waals surface area contributed by atoms with Gasteiger partial charge in [0, 0.05) is 11.5 Å². The molecule has 0 amide bonds. The monoisotopic (exact) mass is 370 g/mol. The van der Waals surface area contributed by atoms with Crippen molar-refractivity contribution in [1.29, 1.82) is 0 Å². The molecular formula is C13H27IO2Si. The molecule has 0 radical (unpaired) electrons. The minimum Gasteiger partial charge on any atom is -0.411 e. The minimum absolute atomic E-state index is 0.00103. The van der Waals surface area contributed by atoms with Crippen LogP contribution in [0.3, 0.4) is 0 Å². The topological polar surface area (TPSA) is 18.5 Å². The Morgan fingerprint density at radius 3 is 2.18 bits per heavy atom. The first kappa shape index (κ1) is 17.6. The van der Waals surface area contributed by atoms with Crippen molar-refractivity contribution in [3.63, 3.8) is 0 Å². The Morgan fingerprint density at radius 1 is 1.35 bits per heavy atom. The summed E-state index contributed by atoms with van der Waals surface area (Å²) in [5.74, 6) is 0. The molecule has 4 heteroatoms. The van der Waals surface area contributed by atoms with Crippen molar-refractivity contribution >= 4 is 30.9 Å². The predicted molar refractivity (Wildman–Crippen MR) is 86.6 cm³/mol. The number of ether oxygens (including phenoxy) is 1. The van der Waals surface area contributed by atoms with E-state index in [0.717, 1.165) is 10.8 Å². The van der Waals surface area contributed by atoms with Gasteiger partial charge in [-0.1, -0.05) is 49.4 Å². The van der Waals surface area contributed by atoms with Crippen molar-refractivity contribution in [2.45, 2.75) is 57.5 Å². The molecule has 0 heterocycles. The maximum absolute atomic E-state index is 6.42. The number of halogens is 1. The fourth-order valence-corrected chi connectivity index (χ4v) is 3.33. The van der Waals surface area contributed by atoms with Crippen LogP contribution in [-0.4, -0.2) is 32.1 Å². The van der Waals surface area contributed by atoms with Crippen LogP contribution in [0.2, 0.25) is 18.1 Å². The van der Waals surface area contributed by atoms with E-state index in [2.05, 4.69) is 63.0 Å². The Morgan fingerprint density at radius 2 is 1.88 bits per heavy atom. The molecule has 2 nitrogen and oxygen atoms in total. The van der Waals surface area contributed by atoms with Crippen LogP contribution in [0.15, 0.2) is 12.7 Å². The Balaban J connectivity index is 4.80. The van der Waals surface area contributed by atoms with Gasteiger partial charge in [0.05, 0.1) is 12.2 Å². The van der Waals surface area contributed by atoms with Gasteiger partial charge in [-0.05, 0) is 24.6 Å². The van der Waals surface area contributed by atoms with Gasteiger partial charge in [-0.25, -0.2) is 0 Å². The largest absolute Gasteiger partial charge is 0.411 e. The number of hydrogen-bond donors (Lipinski definition) is 0. The summed E-state index contributed by atoms with van der Waals surface area (Å²) in [6.07, 6.45) is 3.00. The standard InChI is InChI=1S/C13H27IO2Si/c1-8-11(15-5)12(9-10-14)16-17(6,7)13(2,3)4/h8,11-12H,1,9-10H2,2-7H3/t11-,12-/m0/s1. The summed E-state index contributed by atoms with van der Waals surface area (Å²) in [4.78, 5) is 0. The highest BCUT2D eigenvalue weighted by atomic mass is 127. The first-order chi connectivity index (χ1) is 7.69. The second-order valence-electron chi connectivity index (χ2n) is 5.83. The van der Waals surface area contributed by atoms with E-state index in [9.17, 15) is 0 Å². The van der Waals surface area contributed by atoms with Gasteiger partial charge in [-0.15, -0.1) is 6.58 Å². The number of rotatable bonds is 7. The van der Waals surface area contributed by atoms with Crippen molar-refractivity contribution < 1.29 is 9.16 Å². The van der Waals surface area contributed by atoms with Crippen molar-refractivity contribution in [3.8, 4) is 0 Å². The lowest BCUT2D eigenvalue weighted by Gasteiger charge is -2.40. The SMILES string of the molecule is C=C[C@H](OC)[C@H](CCI)O[Si](C)(C)C(C)(C)C. The molecule has 0 unspecified atom stereocenters. The molecular weight excluding hydrogens is 343 g/mol. The van der Waals surface area contributed by atoms with Gasteiger partial charge in [-0.3, -0.25) is 0 Å². The van der Waals surface area contributed by atoms with Crippen molar-refractivity contribution in [3.05, 3.63) is 12.7 Å². The molecule has 0 saturated carbocycles. The van der Waals surface area contributed by atoms with E-state index in [4.69, 9.17) is 9.16 Å². The van der Waals surface area contributed by atoms with Crippen molar-refractivity contribution in [1.82, 2.24) is 0 Å². The zero-order chi connectivity index (χ0) is 13.7. The molecule has 0 saturated heterocycles. The third kappa shape index (κ3) is 5.40. The number of methoxy groups -OCH3 is 1. The zero-order valence-corrected chi connectivity index (χ0v) is 15.2. The maximum atomic E-state index is 6.42. The third-order valence-corrected chi connectivity index (χ3v) is 8.64. The quantitative estimate of drug-likeness (QED) is 0.286. The van der Waals surface area contributed by atoms with E-state index >= 15 is 0 Å². The molecule has 102 valence electrons. The Labute approximate surface area is 121 Å². The highest BCUT2D eigenvalue weighted by Crippen LogP contribution is 2.38. The van der Waals surface area contributed by atoms with Crippen LogP contribution in [-0.2, 0) is 9.16 Å². The van der Waals surface area contributed by atoms with Crippen LogP contribution in [0.5, 0.6) is 0 Å². The summed E-state index contributed by atoms with van der Waals surface area (Å²) in [6, 6.07) is 0. The number of alkyl halides is 1. The molecule has 0 aromatic heterocycles. The molecule has 0 aliphatic heterocycles. The normalized spacial score (nSPS) is 16.6. The molecule has 0 aliphatic rings. The number of hydrogen-bond acceptors (Lipinski definition) is 2. The summed E-state index contributed by atoms with van der Waals surface area (Å²) in [5, 5.41) is 0.232. The average Bonchev–Trinajstić information content (AvgIpc) is 2.17.